The highest BCUT2D eigenvalue weighted by molar-refractivity contribution is 5.92. The van der Waals surface area contributed by atoms with E-state index in [-0.39, 0.29) is 11.8 Å². The molecule has 0 aliphatic rings. The van der Waals surface area contributed by atoms with Gasteiger partial charge in [0.15, 0.2) is 0 Å². The molecule has 0 spiro atoms. The highest BCUT2D eigenvalue weighted by atomic mass is 16.2. The van der Waals surface area contributed by atoms with Crippen molar-refractivity contribution in [2.24, 2.45) is 5.73 Å². The summed E-state index contributed by atoms with van der Waals surface area (Å²) in [5.41, 5.74) is 7.19. The zero-order valence-corrected chi connectivity index (χ0v) is 15.8. The predicted octanol–water partition coefficient (Wildman–Crippen LogP) is 4.21. The molecule has 0 saturated carbocycles. The summed E-state index contributed by atoms with van der Waals surface area (Å²) in [5.74, 6) is -0.222. The van der Waals surface area contributed by atoms with E-state index in [2.05, 4.69) is 34.3 Å². The van der Waals surface area contributed by atoms with Crippen LogP contribution in [0.15, 0.2) is 23.8 Å². The SMILES string of the molecule is C=CC(=O)N(CCC)CCC.CCCC(CCC)=C(C)C(N)=O. The molecule has 0 aromatic heterocycles. The Hall–Kier alpha value is -1.58. The van der Waals surface area contributed by atoms with E-state index in [9.17, 15) is 9.59 Å². The van der Waals surface area contributed by atoms with Crippen LogP contribution in [0.3, 0.4) is 0 Å². The van der Waals surface area contributed by atoms with Crippen LogP contribution in [-0.2, 0) is 9.59 Å². The number of nitrogens with two attached hydrogens (primary N) is 1. The van der Waals surface area contributed by atoms with Gasteiger partial charge in [-0.2, -0.15) is 0 Å². The summed E-state index contributed by atoms with van der Waals surface area (Å²) in [7, 11) is 0. The fourth-order valence-electron chi connectivity index (χ4n) is 2.28. The lowest BCUT2D eigenvalue weighted by Crippen LogP contribution is -2.30. The molecule has 0 rings (SSSR count). The van der Waals surface area contributed by atoms with Gasteiger partial charge in [-0.15, -0.1) is 0 Å². The first-order valence-corrected chi connectivity index (χ1v) is 8.79. The number of allylic oxidation sites excluding steroid dienone is 1. The first-order valence-electron chi connectivity index (χ1n) is 8.79. The fourth-order valence-corrected chi connectivity index (χ4v) is 2.28. The van der Waals surface area contributed by atoms with Gasteiger partial charge in [0.25, 0.3) is 0 Å². The van der Waals surface area contributed by atoms with Gasteiger partial charge < -0.3 is 10.6 Å². The van der Waals surface area contributed by atoms with Crippen LogP contribution in [0.4, 0.5) is 0 Å². The minimum absolute atomic E-state index is 0.0497. The third-order valence-corrected chi connectivity index (χ3v) is 3.48. The molecule has 2 amide bonds. The van der Waals surface area contributed by atoms with Crippen molar-refractivity contribution in [2.45, 2.75) is 73.1 Å². The lowest BCUT2D eigenvalue weighted by atomic mass is 10.00. The van der Waals surface area contributed by atoms with E-state index >= 15 is 0 Å². The second-order valence-electron chi connectivity index (χ2n) is 5.62. The van der Waals surface area contributed by atoms with Gasteiger partial charge in [-0.1, -0.05) is 52.7 Å². The summed E-state index contributed by atoms with van der Waals surface area (Å²) >= 11 is 0. The summed E-state index contributed by atoms with van der Waals surface area (Å²) in [6, 6.07) is 0. The highest BCUT2D eigenvalue weighted by Crippen LogP contribution is 2.16. The second-order valence-corrected chi connectivity index (χ2v) is 5.62. The smallest absolute Gasteiger partial charge is 0.245 e. The zero-order chi connectivity index (χ0) is 18.3. The summed E-state index contributed by atoms with van der Waals surface area (Å²) in [6.45, 7) is 15.3. The molecule has 23 heavy (non-hydrogen) atoms. The van der Waals surface area contributed by atoms with E-state index in [4.69, 9.17) is 5.73 Å². The van der Waals surface area contributed by atoms with Crippen molar-refractivity contribution < 1.29 is 9.59 Å². The van der Waals surface area contributed by atoms with Crippen LogP contribution in [0.1, 0.15) is 73.1 Å². The normalized spacial score (nSPS) is 9.43. The number of carbonyl (C=O) groups excluding carboxylic acids is 2. The Morgan fingerprint density at radius 1 is 0.957 bits per heavy atom. The largest absolute Gasteiger partial charge is 0.366 e. The van der Waals surface area contributed by atoms with Crippen molar-refractivity contribution in [3.8, 4) is 0 Å². The van der Waals surface area contributed by atoms with Gasteiger partial charge in [0.2, 0.25) is 11.8 Å². The summed E-state index contributed by atoms with van der Waals surface area (Å²) in [4.78, 5) is 23.8. The van der Waals surface area contributed by atoms with Crippen LogP contribution in [0, 0.1) is 0 Å². The third kappa shape index (κ3) is 11.6. The number of hydrogen-bond acceptors (Lipinski definition) is 2. The molecule has 4 nitrogen and oxygen atoms in total. The molecule has 0 saturated heterocycles. The molecule has 0 unspecified atom stereocenters. The average Bonchev–Trinajstić information content (AvgIpc) is 2.53. The van der Waals surface area contributed by atoms with Gasteiger partial charge in [-0.05, 0) is 38.7 Å². The number of nitrogens with zero attached hydrogens (tertiary/aromatic N) is 1. The van der Waals surface area contributed by atoms with E-state index in [0.717, 1.165) is 57.2 Å². The minimum Gasteiger partial charge on any atom is -0.366 e. The van der Waals surface area contributed by atoms with Crippen LogP contribution in [0.25, 0.3) is 0 Å². The van der Waals surface area contributed by atoms with Crippen LogP contribution in [0.5, 0.6) is 0 Å². The molecule has 0 aliphatic heterocycles. The van der Waals surface area contributed by atoms with Crippen molar-refractivity contribution >= 4 is 11.8 Å². The molecule has 0 fully saturated rings. The van der Waals surface area contributed by atoms with Gasteiger partial charge in [0.1, 0.15) is 0 Å². The van der Waals surface area contributed by atoms with Crippen molar-refractivity contribution in [1.29, 1.82) is 0 Å². The average molecular weight is 325 g/mol. The standard InChI is InChI=1S/C10H19NO.C9H17NO/c1-4-6-9(7-5-2)8(3)10(11)12;1-4-7-10(8-5-2)9(11)6-3/h4-7H2,1-3H3,(H2,11,12);6H,3-5,7-8H2,1-2H3. The second kappa shape index (κ2) is 15.3. The maximum atomic E-state index is 11.1. The van der Waals surface area contributed by atoms with Gasteiger partial charge >= 0.3 is 0 Å². The lowest BCUT2D eigenvalue weighted by molar-refractivity contribution is -0.126. The van der Waals surface area contributed by atoms with E-state index < -0.39 is 0 Å². The highest BCUT2D eigenvalue weighted by Gasteiger charge is 2.06. The number of hydrogen-bond donors (Lipinski definition) is 1. The molecule has 0 bridgehead atoms. The number of carbonyl (C=O) groups is 2. The van der Waals surface area contributed by atoms with Crippen LogP contribution < -0.4 is 5.73 Å². The Labute approximate surface area is 142 Å². The molecule has 0 atom stereocenters. The minimum atomic E-state index is -0.271. The van der Waals surface area contributed by atoms with Gasteiger partial charge in [0.05, 0.1) is 0 Å². The molecule has 0 aliphatic carbocycles. The summed E-state index contributed by atoms with van der Waals surface area (Å²) in [6.07, 6.45) is 7.58. The Morgan fingerprint density at radius 3 is 1.65 bits per heavy atom. The van der Waals surface area contributed by atoms with Gasteiger partial charge in [0, 0.05) is 18.7 Å². The van der Waals surface area contributed by atoms with Crippen molar-refractivity contribution in [3.05, 3.63) is 23.8 Å². The maximum Gasteiger partial charge on any atom is 0.245 e. The van der Waals surface area contributed by atoms with Gasteiger partial charge in [-0.3, -0.25) is 9.59 Å². The number of amides is 2. The lowest BCUT2D eigenvalue weighted by Gasteiger charge is -2.18. The Balaban J connectivity index is 0. The Morgan fingerprint density at radius 2 is 1.39 bits per heavy atom. The molecular formula is C19H36N2O2. The monoisotopic (exact) mass is 324 g/mol. The van der Waals surface area contributed by atoms with E-state index in [1.54, 1.807) is 0 Å². The molecule has 2 N–H and O–H groups in total. The molecule has 0 aromatic carbocycles. The fraction of sp³-hybridized carbons (Fsp3) is 0.684. The Kier molecular flexibility index (Phi) is 15.8. The maximum absolute atomic E-state index is 11.1. The predicted molar refractivity (Wildman–Crippen MR) is 99.1 cm³/mol. The summed E-state index contributed by atoms with van der Waals surface area (Å²) in [5, 5.41) is 0. The van der Waals surface area contributed by atoms with Crippen LogP contribution >= 0.6 is 0 Å². The number of primary amides is 1. The Bertz CT molecular complexity index is 373. The topological polar surface area (TPSA) is 63.4 Å². The molecule has 0 radical (unpaired) electrons. The third-order valence-electron chi connectivity index (χ3n) is 3.48. The van der Waals surface area contributed by atoms with Crippen LogP contribution in [0.2, 0.25) is 0 Å². The summed E-state index contributed by atoms with van der Waals surface area (Å²) < 4.78 is 0. The molecular weight excluding hydrogens is 288 g/mol. The first-order chi connectivity index (χ1) is 10.9. The molecule has 134 valence electrons. The molecule has 0 heterocycles. The van der Waals surface area contributed by atoms with Crippen molar-refractivity contribution in [2.75, 3.05) is 13.1 Å². The van der Waals surface area contributed by atoms with E-state index in [0.29, 0.717) is 0 Å². The first kappa shape index (κ1) is 23.7. The number of rotatable bonds is 10. The van der Waals surface area contributed by atoms with Crippen molar-refractivity contribution in [3.63, 3.8) is 0 Å². The van der Waals surface area contributed by atoms with E-state index in [1.165, 1.54) is 11.6 Å². The molecule has 4 heteroatoms. The van der Waals surface area contributed by atoms with Crippen LogP contribution in [-0.4, -0.2) is 29.8 Å². The van der Waals surface area contributed by atoms with Gasteiger partial charge in [-0.25, -0.2) is 0 Å². The van der Waals surface area contributed by atoms with E-state index in [1.807, 2.05) is 11.8 Å². The van der Waals surface area contributed by atoms with Crippen molar-refractivity contribution in [1.82, 2.24) is 4.90 Å². The zero-order valence-electron chi connectivity index (χ0n) is 15.8. The quantitative estimate of drug-likeness (QED) is 0.612. The molecule has 0 aromatic rings.